The Balaban J connectivity index is 1.34. The number of halogens is 2. The Bertz CT molecular complexity index is 928. The lowest BCUT2D eigenvalue weighted by molar-refractivity contribution is -0.119. The average molecular weight is 467 g/mol. The van der Waals surface area contributed by atoms with Gasteiger partial charge in [0.2, 0.25) is 17.7 Å². The quantitative estimate of drug-likeness (QED) is 0.642. The standard InChI is InChI=1S/C21H28ClFN6O3/c1-13(30)26-15-4-2-14(3-5-15)12-32-20-17(23)10-24-21(28-20)27-18-11-25-29(19(18)22)16-6-8-31-9-7-16/h10-11,14-16H,2-9,12H2,1H3,(H,26,30)(H,24,27,28)/t14-,15-. The third-order valence-electron chi connectivity index (χ3n) is 5.94. The summed E-state index contributed by atoms with van der Waals surface area (Å²) in [6.07, 6.45) is 7.98. The van der Waals surface area contributed by atoms with E-state index in [0.717, 1.165) is 44.7 Å². The van der Waals surface area contributed by atoms with Gasteiger partial charge in [0.05, 0.1) is 30.7 Å². The van der Waals surface area contributed by atoms with Crippen molar-refractivity contribution in [3.8, 4) is 5.88 Å². The minimum absolute atomic E-state index is 0.00816. The molecule has 0 spiro atoms. The molecule has 0 atom stereocenters. The number of ether oxygens (including phenoxy) is 2. The van der Waals surface area contributed by atoms with Crippen LogP contribution in [0, 0.1) is 11.7 Å². The summed E-state index contributed by atoms with van der Waals surface area (Å²) >= 11 is 6.49. The Morgan fingerprint density at radius 3 is 2.72 bits per heavy atom. The molecule has 1 saturated carbocycles. The van der Waals surface area contributed by atoms with E-state index in [2.05, 4.69) is 25.7 Å². The lowest BCUT2D eigenvalue weighted by Gasteiger charge is -2.28. The van der Waals surface area contributed by atoms with E-state index < -0.39 is 5.82 Å². The molecule has 2 N–H and O–H groups in total. The van der Waals surface area contributed by atoms with Gasteiger partial charge in [0.25, 0.3) is 5.88 Å². The van der Waals surface area contributed by atoms with Crippen LogP contribution in [0.1, 0.15) is 51.5 Å². The van der Waals surface area contributed by atoms with Gasteiger partial charge in [-0.15, -0.1) is 0 Å². The highest BCUT2D eigenvalue weighted by molar-refractivity contribution is 6.32. The van der Waals surface area contributed by atoms with Crippen molar-refractivity contribution in [2.24, 2.45) is 5.92 Å². The van der Waals surface area contributed by atoms with Gasteiger partial charge in [0.1, 0.15) is 0 Å². The predicted octanol–water partition coefficient (Wildman–Crippen LogP) is 3.63. The van der Waals surface area contributed by atoms with Crippen LogP contribution < -0.4 is 15.4 Å². The summed E-state index contributed by atoms with van der Waals surface area (Å²) in [7, 11) is 0. The first kappa shape index (κ1) is 22.7. The van der Waals surface area contributed by atoms with E-state index in [0.29, 0.717) is 30.7 Å². The number of hydrogen-bond acceptors (Lipinski definition) is 7. The number of aromatic nitrogens is 4. The molecule has 2 fully saturated rings. The molecule has 0 aromatic carbocycles. The highest BCUT2D eigenvalue weighted by Crippen LogP contribution is 2.31. The Kier molecular flexibility index (Phi) is 7.41. The van der Waals surface area contributed by atoms with Crippen LogP contribution >= 0.6 is 11.6 Å². The summed E-state index contributed by atoms with van der Waals surface area (Å²) in [4.78, 5) is 19.4. The number of anilines is 2. The summed E-state index contributed by atoms with van der Waals surface area (Å²) in [5.41, 5.74) is 0.548. The van der Waals surface area contributed by atoms with Crippen LogP contribution in [0.5, 0.6) is 5.88 Å². The number of hydrogen-bond donors (Lipinski definition) is 2. The van der Waals surface area contributed by atoms with E-state index in [1.165, 1.54) is 6.92 Å². The van der Waals surface area contributed by atoms with Gasteiger partial charge < -0.3 is 20.1 Å². The molecule has 1 aliphatic carbocycles. The predicted molar refractivity (Wildman–Crippen MR) is 117 cm³/mol. The molecule has 9 nitrogen and oxygen atoms in total. The normalized spacial score (nSPS) is 21.8. The highest BCUT2D eigenvalue weighted by atomic mass is 35.5. The summed E-state index contributed by atoms with van der Waals surface area (Å²) < 4.78 is 27.1. The maximum Gasteiger partial charge on any atom is 0.255 e. The van der Waals surface area contributed by atoms with Crippen LogP contribution in [0.4, 0.5) is 16.0 Å². The van der Waals surface area contributed by atoms with Crippen LogP contribution in [0.2, 0.25) is 5.15 Å². The fourth-order valence-corrected chi connectivity index (χ4v) is 4.48. The van der Waals surface area contributed by atoms with E-state index in [4.69, 9.17) is 21.1 Å². The molecule has 1 saturated heterocycles. The molecule has 0 bridgehead atoms. The molecular weight excluding hydrogens is 439 g/mol. The maximum absolute atomic E-state index is 14.2. The van der Waals surface area contributed by atoms with Gasteiger partial charge in [-0.1, -0.05) is 11.6 Å². The second-order valence-corrected chi connectivity index (χ2v) is 8.70. The lowest BCUT2D eigenvalue weighted by Crippen LogP contribution is -2.37. The Labute approximate surface area is 191 Å². The van der Waals surface area contributed by atoms with Gasteiger partial charge >= 0.3 is 0 Å². The Hall–Kier alpha value is -2.46. The number of nitrogens with zero attached hydrogens (tertiary/aromatic N) is 4. The summed E-state index contributed by atoms with van der Waals surface area (Å²) in [6.45, 7) is 3.25. The van der Waals surface area contributed by atoms with E-state index >= 15 is 0 Å². The molecule has 1 aliphatic heterocycles. The Morgan fingerprint density at radius 1 is 1.25 bits per heavy atom. The van der Waals surface area contributed by atoms with E-state index in [1.54, 1.807) is 10.9 Å². The fourth-order valence-electron chi connectivity index (χ4n) is 4.21. The van der Waals surface area contributed by atoms with Crippen molar-refractivity contribution in [3.63, 3.8) is 0 Å². The van der Waals surface area contributed by atoms with Gasteiger partial charge in [0.15, 0.2) is 5.15 Å². The molecule has 2 aromatic rings. The molecule has 32 heavy (non-hydrogen) atoms. The molecule has 4 rings (SSSR count). The van der Waals surface area contributed by atoms with Gasteiger partial charge in [-0.05, 0) is 44.4 Å². The van der Waals surface area contributed by atoms with Crippen LogP contribution in [-0.4, -0.2) is 51.5 Å². The number of nitrogens with one attached hydrogen (secondary N) is 2. The van der Waals surface area contributed by atoms with Crippen molar-refractivity contribution >= 4 is 29.1 Å². The van der Waals surface area contributed by atoms with E-state index in [9.17, 15) is 9.18 Å². The second kappa shape index (κ2) is 10.4. The second-order valence-electron chi connectivity index (χ2n) is 8.34. The zero-order chi connectivity index (χ0) is 22.5. The molecule has 3 heterocycles. The SMILES string of the molecule is CC(=O)N[C@H]1CC[C@H](COc2nc(Nc3cnn(C4CCOCC4)c3Cl)ncc2F)CC1. The highest BCUT2D eigenvalue weighted by Gasteiger charge is 2.24. The zero-order valence-corrected chi connectivity index (χ0v) is 18.8. The number of carbonyl (C=O) groups is 1. The van der Waals surface area contributed by atoms with Crippen molar-refractivity contribution in [2.75, 3.05) is 25.1 Å². The summed E-state index contributed by atoms with van der Waals surface area (Å²) in [5, 5.41) is 10.8. The molecule has 11 heteroatoms. The van der Waals surface area contributed by atoms with Gasteiger partial charge in [-0.3, -0.25) is 4.79 Å². The first-order valence-electron chi connectivity index (χ1n) is 11.0. The van der Waals surface area contributed by atoms with Gasteiger partial charge in [-0.2, -0.15) is 14.5 Å². The third-order valence-corrected chi connectivity index (χ3v) is 6.32. The fraction of sp³-hybridized carbons (Fsp3) is 0.619. The minimum atomic E-state index is -0.619. The lowest BCUT2D eigenvalue weighted by atomic mass is 9.86. The van der Waals surface area contributed by atoms with Crippen LogP contribution in [0.15, 0.2) is 12.4 Å². The maximum atomic E-state index is 14.2. The largest absolute Gasteiger partial charge is 0.475 e. The summed E-state index contributed by atoms with van der Waals surface area (Å²) in [6, 6.07) is 0.391. The minimum Gasteiger partial charge on any atom is -0.475 e. The molecule has 174 valence electrons. The first-order chi connectivity index (χ1) is 15.5. The number of amides is 1. The van der Waals surface area contributed by atoms with E-state index in [1.807, 2.05) is 0 Å². The number of carbonyl (C=O) groups excluding carboxylic acids is 1. The van der Waals surface area contributed by atoms with Crippen molar-refractivity contribution < 1.29 is 18.7 Å². The topological polar surface area (TPSA) is 103 Å². The molecule has 0 radical (unpaired) electrons. The van der Waals surface area contributed by atoms with E-state index in [-0.39, 0.29) is 35.7 Å². The van der Waals surface area contributed by atoms with Crippen LogP contribution in [0.3, 0.4) is 0 Å². The molecule has 2 aliphatic rings. The van der Waals surface area contributed by atoms with Crippen molar-refractivity contribution in [3.05, 3.63) is 23.4 Å². The van der Waals surface area contributed by atoms with Crippen molar-refractivity contribution in [1.82, 2.24) is 25.1 Å². The first-order valence-corrected chi connectivity index (χ1v) is 11.4. The van der Waals surface area contributed by atoms with Crippen molar-refractivity contribution in [1.29, 1.82) is 0 Å². The summed E-state index contributed by atoms with van der Waals surface area (Å²) in [5.74, 6) is -0.251. The zero-order valence-electron chi connectivity index (χ0n) is 18.0. The molecule has 2 aromatic heterocycles. The smallest absolute Gasteiger partial charge is 0.255 e. The van der Waals surface area contributed by atoms with Crippen LogP contribution in [-0.2, 0) is 9.53 Å². The Morgan fingerprint density at radius 2 is 2.00 bits per heavy atom. The monoisotopic (exact) mass is 466 g/mol. The molecule has 1 amide bonds. The van der Waals surface area contributed by atoms with Crippen molar-refractivity contribution in [2.45, 2.75) is 57.5 Å². The third kappa shape index (κ3) is 5.66. The average Bonchev–Trinajstić information content (AvgIpc) is 3.15. The number of rotatable bonds is 7. The molecular formula is C21H28ClFN6O3. The van der Waals surface area contributed by atoms with Crippen LogP contribution in [0.25, 0.3) is 0 Å². The van der Waals surface area contributed by atoms with Gasteiger partial charge in [0, 0.05) is 26.2 Å². The molecule has 0 unspecified atom stereocenters. The van der Waals surface area contributed by atoms with Gasteiger partial charge in [-0.25, -0.2) is 9.67 Å².